The van der Waals surface area contributed by atoms with Crippen molar-refractivity contribution in [1.29, 1.82) is 0 Å². The van der Waals surface area contributed by atoms with Crippen LogP contribution in [0, 0.1) is 16.0 Å². The molecule has 0 saturated carbocycles. The first-order chi connectivity index (χ1) is 10.1. The fourth-order valence-electron chi connectivity index (χ4n) is 2.86. The average molecular weight is 293 g/mol. The third-order valence-corrected chi connectivity index (χ3v) is 3.92. The van der Waals surface area contributed by atoms with Crippen LogP contribution in [-0.2, 0) is 6.54 Å². The van der Waals surface area contributed by atoms with Gasteiger partial charge in [0.15, 0.2) is 5.75 Å². The van der Waals surface area contributed by atoms with Crippen molar-refractivity contribution in [1.82, 2.24) is 10.2 Å². The van der Waals surface area contributed by atoms with E-state index in [9.17, 15) is 10.1 Å². The van der Waals surface area contributed by atoms with E-state index in [1.807, 2.05) is 6.07 Å². The van der Waals surface area contributed by atoms with E-state index in [2.05, 4.69) is 17.3 Å². The first kappa shape index (κ1) is 15.7. The number of nitro benzene ring substituents is 1. The van der Waals surface area contributed by atoms with Crippen molar-refractivity contribution in [2.75, 3.05) is 33.8 Å². The Labute approximate surface area is 125 Å². The molecule has 1 aromatic rings. The van der Waals surface area contributed by atoms with Gasteiger partial charge in [-0.2, -0.15) is 0 Å². The molecule has 6 heteroatoms. The highest BCUT2D eigenvalue weighted by Gasteiger charge is 2.18. The molecule has 1 aromatic carbocycles. The minimum Gasteiger partial charge on any atom is -0.490 e. The van der Waals surface area contributed by atoms with Gasteiger partial charge in [-0.3, -0.25) is 10.1 Å². The lowest BCUT2D eigenvalue weighted by Gasteiger charge is -2.27. The predicted molar refractivity (Wildman–Crippen MR) is 81.6 cm³/mol. The Morgan fingerprint density at radius 1 is 1.43 bits per heavy atom. The van der Waals surface area contributed by atoms with Gasteiger partial charge >= 0.3 is 5.69 Å². The maximum Gasteiger partial charge on any atom is 0.311 e. The molecule has 1 aliphatic heterocycles. The second kappa shape index (κ2) is 7.38. The van der Waals surface area contributed by atoms with Crippen LogP contribution in [0.2, 0.25) is 0 Å². The van der Waals surface area contributed by atoms with Gasteiger partial charge in [0.1, 0.15) is 0 Å². The summed E-state index contributed by atoms with van der Waals surface area (Å²) in [6.07, 6.45) is 2.40. The maximum atomic E-state index is 11.0. The van der Waals surface area contributed by atoms with Crippen LogP contribution in [0.25, 0.3) is 0 Å². The minimum atomic E-state index is -0.394. The number of hydrogen-bond acceptors (Lipinski definition) is 5. The number of ether oxygens (including phenoxy) is 1. The van der Waals surface area contributed by atoms with Gasteiger partial charge < -0.3 is 15.0 Å². The summed E-state index contributed by atoms with van der Waals surface area (Å²) in [6.45, 7) is 3.93. The van der Waals surface area contributed by atoms with Gasteiger partial charge in [0.25, 0.3) is 0 Å². The maximum absolute atomic E-state index is 11.0. The van der Waals surface area contributed by atoms with Crippen molar-refractivity contribution in [3.8, 4) is 5.75 Å². The second-order valence-electron chi connectivity index (χ2n) is 5.65. The monoisotopic (exact) mass is 293 g/mol. The van der Waals surface area contributed by atoms with Crippen molar-refractivity contribution in [3.05, 3.63) is 33.9 Å². The molecule has 0 aliphatic carbocycles. The molecule has 1 saturated heterocycles. The number of benzene rings is 1. The molecule has 0 aromatic heterocycles. The van der Waals surface area contributed by atoms with Gasteiger partial charge in [-0.05, 0) is 50.5 Å². The third-order valence-electron chi connectivity index (χ3n) is 3.92. The smallest absolute Gasteiger partial charge is 0.311 e. The van der Waals surface area contributed by atoms with E-state index in [1.54, 1.807) is 12.1 Å². The van der Waals surface area contributed by atoms with E-state index in [4.69, 9.17) is 4.74 Å². The van der Waals surface area contributed by atoms with Crippen molar-refractivity contribution < 1.29 is 9.66 Å². The van der Waals surface area contributed by atoms with Gasteiger partial charge in [-0.15, -0.1) is 0 Å². The van der Waals surface area contributed by atoms with Crippen LogP contribution in [0.5, 0.6) is 5.75 Å². The Balaban J connectivity index is 1.98. The Morgan fingerprint density at radius 2 is 2.14 bits per heavy atom. The molecule has 6 nitrogen and oxygen atoms in total. The zero-order valence-corrected chi connectivity index (χ0v) is 12.7. The highest BCUT2D eigenvalue weighted by molar-refractivity contribution is 5.48. The normalized spacial score (nSPS) is 16.1. The largest absolute Gasteiger partial charge is 0.490 e. The lowest BCUT2D eigenvalue weighted by atomic mass is 9.97. The molecule has 0 unspecified atom stereocenters. The number of piperidine rings is 1. The van der Waals surface area contributed by atoms with E-state index in [0.717, 1.165) is 31.7 Å². The van der Waals surface area contributed by atoms with Crippen LogP contribution < -0.4 is 10.1 Å². The predicted octanol–water partition coefficient (Wildman–Crippen LogP) is 2.03. The number of nitro groups is 1. The zero-order chi connectivity index (χ0) is 15.2. The lowest BCUT2D eigenvalue weighted by molar-refractivity contribution is -0.385. The molecule has 0 amide bonds. The van der Waals surface area contributed by atoms with Crippen LogP contribution in [0.4, 0.5) is 5.69 Å². The number of methoxy groups -OCH3 is 1. The summed E-state index contributed by atoms with van der Waals surface area (Å²) < 4.78 is 5.03. The van der Waals surface area contributed by atoms with Crippen LogP contribution in [0.3, 0.4) is 0 Å². The van der Waals surface area contributed by atoms with E-state index in [1.165, 1.54) is 20.0 Å². The van der Waals surface area contributed by atoms with Gasteiger partial charge in [0.05, 0.1) is 12.0 Å². The molecule has 0 bridgehead atoms. The first-order valence-electron chi connectivity index (χ1n) is 7.30. The van der Waals surface area contributed by atoms with Gasteiger partial charge in [-0.1, -0.05) is 6.07 Å². The Kier molecular flexibility index (Phi) is 5.52. The highest BCUT2D eigenvalue weighted by Crippen LogP contribution is 2.28. The SMILES string of the molecule is COc1ccc(CN(C)CC2CCNCC2)cc1[N+](=O)[O-]. The molecule has 0 atom stereocenters. The van der Waals surface area contributed by atoms with Gasteiger partial charge in [0.2, 0.25) is 0 Å². The van der Waals surface area contributed by atoms with Crippen LogP contribution in [0.1, 0.15) is 18.4 Å². The third kappa shape index (κ3) is 4.41. The Hall–Kier alpha value is -1.66. The molecule has 1 fully saturated rings. The standard InChI is InChI=1S/C15H23N3O3/c1-17(10-12-5-7-16-8-6-12)11-13-3-4-15(21-2)14(9-13)18(19)20/h3-4,9,12,16H,5-8,10-11H2,1-2H3. The summed E-state index contributed by atoms with van der Waals surface area (Å²) in [5.74, 6) is 1.02. The van der Waals surface area contributed by atoms with E-state index < -0.39 is 4.92 Å². The molecular weight excluding hydrogens is 270 g/mol. The van der Waals surface area contributed by atoms with Gasteiger partial charge in [0, 0.05) is 19.2 Å². The van der Waals surface area contributed by atoms with Crippen molar-refractivity contribution in [2.45, 2.75) is 19.4 Å². The quantitative estimate of drug-likeness (QED) is 0.642. The fraction of sp³-hybridized carbons (Fsp3) is 0.600. The molecule has 1 aliphatic rings. The van der Waals surface area contributed by atoms with Crippen LogP contribution in [0.15, 0.2) is 18.2 Å². The van der Waals surface area contributed by atoms with Crippen LogP contribution >= 0.6 is 0 Å². The average Bonchev–Trinajstić information content (AvgIpc) is 2.48. The van der Waals surface area contributed by atoms with Crippen LogP contribution in [-0.4, -0.2) is 43.6 Å². The summed E-state index contributed by atoms with van der Waals surface area (Å²) in [4.78, 5) is 12.9. The van der Waals surface area contributed by atoms with E-state index in [0.29, 0.717) is 11.7 Å². The summed E-state index contributed by atoms with van der Waals surface area (Å²) in [6, 6.07) is 5.17. The lowest BCUT2D eigenvalue weighted by Crippen LogP contribution is -2.34. The highest BCUT2D eigenvalue weighted by atomic mass is 16.6. The fourth-order valence-corrected chi connectivity index (χ4v) is 2.86. The molecule has 2 rings (SSSR count). The van der Waals surface area contributed by atoms with Crippen molar-refractivity contribution in [3.63, 3.8) is 0 Å². The number of rotatable bonds is 6. The topological polar surface area (TPSA) is 67.6 Å². The van der Waals surface area contributed by atoms with Crippen molar-refractivity contribution >= 4 is 5.69 Å². The minimum absolute atomic E-state index is 0.0327. The van der Waals surface area contributed by atoms with Crippen molar-refractivity contribution in [2.24, 2.45) is 5.92 Å². The molecule has 116 valence electrons. The molecule has 1 N–H and O–H groups in total. The number of hydrogen-bond donors (Lipinski definition) is 1. The summed E-state index contributed by atoms with van der Waals surface area (Å²) in [5, 5.41) is 14.4. The Morgan fingerprint density at radius 3 is 2.76 bits per heavy atom. The molecular formula is C15H23N3O3. The zero-order valence-electron chi connectivity index (χ0n) is 12.7. The number of nitrogens with zero attached hydrogens (tertiary/aromatic N) is 2. The second-order valence-corrected chi connectivity index (χ2v) is 5.65. The first-order valence-corrected chi connectivity index (χ1v) is 7.30. The Bertz CT molecular complexity index is 487. The van der Waals surface area contributed by atoms with E-state index in [-0.39, 0.29) is 5.69 Å². The molecule has 0 radical (unpaired) electrons. The molecule has 0 spiro atoms. The number of nitrogens with one attached hydrogen (secondary N) is 1. The van der Waals surface area contributed by atoms with E-state index >= 15 is 0 Å². The molecule has 21 heavy (non-hydrogen) atoms. The molecule has 1 heterocycles. The summed E-state index contributed by atoms with van der Waals surface area (Å²) in [7, 11) is 3.52. The summed E-state index contributed by atoms with van der Waals surface area (Å²) in [5.41, 5.74) is 0.976. The van der Waals surface area contributed by atoms with Gasteiger partial charge in [-0.25, -0.2) is 0 Å². The summed E-state index contributed by atoms with van der Waals surface area (Å²) >= 11 is 0.